The van der Waals surface area contributed by atoms with Gasteiger partial charge in [-0.1, -0.05) is 0 Å². The standard InChI is InChI=1S/C16H16N4O4S/c1-24-16(23)12(8-21)20-15(22)13-11(4-7-25-13)19-10-3-6-18-14-9(10)2-5-17-14/h2-7,12,21H,8H2,1H3,(H,20,22)(H2,17,18,19). The first-order valence-electron chi connectivity index (χ1n) is 7.40. The quantitative estimate of drug-likeness (QED) is 0.497. The lowest BCUT2D eigenvalue weighted by atomic mass is 10.2. The fraction of sp³-hybridized carbons (Fsp3) is 0.188. The topological polar surface area (TPSA) is 116 Å². The lowest BCUT2D eigenvalue weighted by molar-refractivity contribution is -0.143. The zero-order chi connectivity index (χ0) is 17.8. The van der Waals surface area contributed by atoms with Crippen LogP contribution in [0.1, 0.15) is 9.67 Å². The highest BCUT2D eigenvalue weighted by atomic mass is 32.1. The van der Waals surface area contributed by atoms with Crippen molar-refractivity contribution >= 4 is 45.6 Å². The summed E-state index contributed by atoms with van der Waals surface area (Å²) in [6, 6.07) is 4.35. The molecule has 1 unspecified atom stereocenters. The van der Waals surface area contributed by atoms with Crippen LogP contribution in [0.3, 0.4) is 0 Å². The van der Waals surface area contributed by atoms with Crippen molar-refractivity contribution < 1.29 is 19.4 Å². The lowest BCUT2D eigenvalue weighted by Gasteiger charge is -2.14. The Morgan fingerprint density at radius 1 is 1.36 bits per heavy atom. The second kappa shape index (κ2) is 7.32. The van der Waals surface area contributed by atoms with Gasteiger partial charge in [-0.15, -0.1) is 11.3 Å². The molecule has 0 aromatic carbocycles. The van der Waals surface area contributed by atoms with Crippen molar-refractivity contribution in [3.63, 3.8) is 0 Å². The molecule has 3 heterocycles. The second-order valence-electron chi connectivity index (χ2n) is 5.12. The number of fused-ring (bicyclic) bond motifs is 1. The number of anilines is 2. The molecule has 0 saturated heterocycles. The van der Waals surface area contributed by atoms with Crippen molar-refractivity contribution in [2.75, 3.05) is 19.0 Å². The fourth-order valence-corrected chi connectivity index (χ4v) is 3.10. The highest BCUT2D eigenvalue weighted by Gasteiger charge is 2.23. The number of H-pyrrole nitrogens is 1. The van der Waals surface area contributed by atoms with Crippen molar-refractivity contribution in [1.29, 1.82) is 0 Å². The Kier molecular flexibility index (Phi) is 4.96. The molecule has 0 aliphatic heterocycles. The highest BCUT2D eigenvalue weighted by Crippen LogP contribution is 2.29. The molecule has 0 bridgehead atoms. The second-order valence-corrected chi connectivity index (χ2v) is 6.03. The largest absolute Gasteiger partial charge is 0.467 e. The maximum atomic E-state index is 12.4. The number of esters is 1. The Labute approximate surface area is 146 Å². The number of carbonyl (C=O) groups is 2. The number of aromatic nitrogens is 2. The van der Waals surface area contributed by atoms with Crippen molar-refractivity contribution in [3.8, 4) is 0 Å². The van der Waals surface area contributed by atoms with E-state index in [4.69, 9.17) is 0 Å². The summed E-state index contributed by atoms with van der Waals surface area (Å²) in [6.07, 6.45) is 3.44. The van der Waals surface area contributed by atoms with Gasteiger partial charge in [0, 0.05) is 17.8 Å². The van der Waals surface area contributed by atoms with Crippen molar-refractivity contribution in [2.45, 2.75) is 6.04 Å². The first-order valence-corrected chi connectivity index (χ1v) is 8.28. The molecule has 8 nitrogen and oxygen atoms in total. The van der Waals surface area contributed by atoms with Gasteiger partial charge in [-0.05, 0) is 23.6 Å². The predicted molar refractivity (Wildman–Crippen MR) is 94.1 cm³/mol. The van der Waals surface area contributed by atoms with Crippen LogP contribution >= 0.6 is 11.3 Å². The summed E-state index contributed by atoms with van der Waals surface area (Å²) >= 11 is 1.22. The molecule has 0 fully saturated rings. The van der Waals surface area contributed by atoms with Crippen molar-refractivity contribution in [2.24, 2.45) is 0 Å². The van der Waals surface area contributed by atoms with Crippen LogP contribution in [0.5, 0.6) is 0 Å². The maximum absolute atomic E-state index is 12.4. The van der Waals surface area contributed by atoms with Crippen LogP contribution in [-0.2, 0) is 9.53 Å². The number of aliphatic hydroxyl groups is 1. The molecule has 9 heteroatoms. The molecule has 1 amide bonds. The van der Waals surface area contributed by atoms with Gasteiger partial charge in [0.2, 0.25) is 0 Å². The molecule has 130 valence electrons. The number of thiophene rings is 1. The first-order chi connectivity index (χ1) is 12.1. The predicted octanol–water partition coefficient (Wildman–Crippen LogP) is 1.63. The SMILES string of the molecule is COC(=O)C(CO)NC(=O)c1sccc1Nc1ccnc2[nH]ccc12. The highest BCUT2D eigenvalue weighted by molar-refractivity contribution is 7.12. The van der Waals surface area contributed by atoms with Crippen LogP contribution in [0.15, 0.2) is 36.0 Å². The van der Waals surface area contributed by atoms with Crippen LogP contribution in [0.25, 0.3) is 11.0 Å². The number of rotatable bonds is 6. The number of hydrogen-bond donors (Lipinski definition) is 4. The number of methoxy groups -OCH3 is 1. The van der Waals surface area contributed by atoms with Gasteiger partial charge in [-0.3, -0.25) is 4.79 Å². The number of nitrogens with zero attached hydrogens (tertiary/aromatic N) is 1. The third-order valence-corrected chi connectivity index (χ3v) is 4.49. The number of pyridine rings is 1. The number of amides is 1. The van der Waals surface area contributed by atoms with E-state index in [0.717, 1.165) is 16.7 Å². The molecule has 25 heavy (non-hydrogen) atoms. The van der Waals surface area contributed by atoms with Crippen molar-refractivity contribution in [3.05, 3.63) is 40.8 Å². The van der Waals surface area contributed by atoms with E-state index in [0.29, 0.717) is 10.6 Å². The Bertz CT molecular complexity index is 904. The molecular weight excluding hydrogens is 344 g/mol. The molecule has 3 aromatic heterocycles. The number of aromatic amines is 1. The van der Waals surface area contributed by atoms with E-state index in [9.17, 15) is 14.7 Å². The van der Waals surface area contributed by atoms with E-state index in [1.54, 1.807) is 29.9 Å². The van der Waals surface area contributed by atoms with Crippen molar-refractivity contribution in [1.82, 2.24) is 15.3 Å². The summed E-state index contributed by atoms with van der Waals surface area (Å²) in [5.41, 5.74) is 2.13. The molecule has 0 radical (unpaired) electrons. The van der Waals surface area contributed by atoms with Gasteiger partial charge in [-0.2, -0.15) is 0 Å². The van der Waals surface area contributed by atoms with Crippen LogP contribution in [0, 0.1) is 0 Å². The van der Waals surface area contributed by atoms with Gasteiger partial charge in [0.15, 0.2) is 6.04 Å². The summed E-state index contributed by atoms with van der Waals surface area (Å²) in [4.78, 5) is 31.6. The summed E-state index contributed by atoms with van der Waals surface area (Å²) in [6.45, 7) is -0.541. The minimum atomic E-state index is -1.11. The lowest BCUT2D eigenvalue weighted by Crippen LogP contribution is -2.43. The molecular formula is C16H16N4O4S. The maximum Gasteiger partial charge on any atom is 0.330 e. The van der Waals surface area contributed by atoms with Crippen LogP contribution in [-0.4, -0.2) is 46.7 Å². The molecule has 0 spiro atoms. The van der Waals surface area contributed by atoms with E-state index in [-0.39, 0.29) is 0 Å². The zero-order valence-corrected chi connectivity index (χ0v) is 14.1. The van der Waals surface area contributed by atoms with Gasteiger partial charge < -0.3 is 25.5 Å². The first kappa shape index (κ1) is 16.9. The van der Waals surface area contributed by atoms with Gasteiger partial charge in [0.25, 0.3) is 5.91 Å². The molecule has 1 atom stereocenters. The van der Waals surface area contributed by atoms with E-state index in [1.807, 2.05) is 6.07 Å². The average molecular weight is 360 g/mol. The normalized spacial score (nSPS) is 11.9. The molecule has 0 aliphatic rings. The number of ether oxygens (including phenoxy) is 1. The Morgan fingerprint density at radius 3 is 2.96 bits per heavy atom. The van der Waals surface area contributed by atoms with Crippen LogP contribution in [0.2, 0.25) is 0 Å². The molecule has 3 aromatic rings. The number of nitrogens with one attached hydrogen (secondary N) is 3. The van der Waals surface area contributed by atoms with Crippen LogP contribution < -0.4 is 10.6 Å². The van der Waals surface area contributed by atoms with Gasteiger partial charge in [-0.25, -0.2) is 9.78 Å². The number of carbonyl (C=O) groups excluding carboxylic acids is 2. The fourth-order valence-electron chi connectivity index (χ4n) is 2.34. The molecule has 0 saturated carbocycles. The minimum absolute atomic E-state index is 0.392. The number of aliphatic hydroxyl groups excluding tert-OH is 1. The van der Waals surface area contributed by atoms with Gasteiger partial charge in [0.05, 0.1) is 25.1 Å². The minimum Gasteiger partial charge on any atom is -0.467 e. The third-order valence-electron chi connectivity index (χ3n) is 3.57. The summed E-state index contributed by atoms with van der Waals surface area (Å²) in [5, 5.41) is 17.6. The summed E-state index contributed by atoms with van der Waals surface area (Å²) in [7, 11) is 1.20. The molecule has 4 N–H and O–H groups in total. The van der Waals surface area contributed by atoms with E-state index >= 15 is 0 Å². The Balaban J connectivity index is 1.82. The third kappa shape index (κ3) is 3.47. The van der Waals surface area contributed by atoms with Gasteiger partial charge >= 0.3 is 5.97 Å². The zero-order valence-electron chi connectivity index (χ0n) is 13.3. The molecule has 3 rings (SSSR count). The average Bonchev–Trinajstić information content (AvgIpc) is 3.28. The summed E-state index contributed by atoms with van der Waals surface area (Å²) in [5.74, 6) is -1.17. The van der Waals surface area contributed by atoms with E-state index < -0.39 is 24.5 Å². The van der Waals surface area contributed by atoms with E-state index in [1.165, 1.54) is 18.4 Å². The van der Waals surface area contributed by atoms with E-state index in [2.05, 4.69) is 25.3 Å². The number of hydrogen-bond acceptors (Lipinski definition) is 7. The summed E-state index contributed by atoms with van der Waals surface area (Å²) < 4.78 is 4.55. The van der Waals surface area contributed by atoms with Crippen LogP contribution in [0.4, 0.5) is 11.4 Å². The van der Waals surface area contributed by atoms with Gasteiger partial charge in [0.1, 0.15) is 10.5 Å². The monoisotopic (exact) mass is 360 g/mol. The Morgan fingerprint density at radius 2 is 2.20 bits per heavy atom. The smallest absolute Gasteiger partial charge is 0.330 e. The molecule has 0 aliphatic carbocycles. The Hall–Kier alpha value is -2.91.